The molecule has 2 aromatic carbocycles. The van der Waals surface area contributed by atoms with E-state index in [4.69, 9.17) is 14.2 Å². The molecule has 7 heteroatoms. The molecule has 1 N–H and O–H groups in total. The van der Waals surface area contributed by atoms with Crippen molar-refractivity contribution in [1.29, 1.82) is 0 Å². The molecule has 0 aromatic heterocycles. The number of hydrogen-bond acceptors (Lipinski definition) is 5. The van der Waals surface area contributed by atoms with Gasteiger partial charge in [0, 0.05) is 44.0 Å². The van der Waals surface area contributed by atoms with E-state index in [1.54, 1.807) is 33.5 Å². The largest absolute Gasteiger partial charge is 0.493 e. The Hall–Kier alpha value is -3.09. The van der Waals surface area contributed by atoms with Crippen molar-refractivity contribution in [3.8, 4) is 17.2 Å². The Morgan fingerprint density at radius 2 is 1.52 bits per heavy atom. The molecule has 0 unspecified atom stereocenters. The number of amides is 2. The first-order valence-corrected chi connectivity index (χ1v) is 9.79. The van der Waals surface area contributed by atoms with Crippen molar-refractivity contribution in [1.82, 2.24) is 4.90 Å². The lowest BCUT2D eigenvalue weighted by molar-refractivity contribution is 0.208. The second-order valence-electron chi connectivity index (χ2n) is 6.84. The Morgan fingerprint density at radius 1 is 0.931 bits per heavy atom. The number of urea groups is 1. The van der Waals surface area contributed by atoms with Gasteiger partial charge in [0.1, 0.15) is 0 Å². The third-order valence-electron chi connectivity index (χ3n) is 5.19. The minimum absolute atomic E-state index is 0.139. The molecule has 7 nitrogen and oxygen atoms in total. The molecule has 0 spiro atoms. The highest BCUT2D eigenvalue weighted by Crippen LogP contribution is 2.40. The average molecular weight is 399 g/mol. The number of rotatable bonds is 6. The highest BCUT2D eigenvalue weighted by molar-refractivity contribution is 5.90. The molecule has 2 amide bonds. The molecule has 2 aromatic rings. The second-order valence-corrected chi connectivity index (χ2v) is 6.84. The van der Waals surface area contributed by atoms with E-state index >= 15 is 0 Å². The number of nitrogens with one attached hydrogen (secondary N) is 1. The molecule has 0 bridgehead atoms. The first-order valence-electron chi connectivity index (χ1n) is 9.79. The number of piperazine rings is 1. The van der Waals surface area contributed by atoms with E-state index < -0.39 is 0 Å². The maximum Gasteiger partial charge on any atom is 0.321 e. The van der Waals surface area contributed by atoms with Crippen LogP contribution in [0.4, 0.5) is 16.2 Å². The van der Waals surface area contributed by atoms with Crippen LogP contribution in [0.1, 0.15) is 12.5 Å². The van der Waals surface area contributed by atoms with Crippen LogP contribution in [0.25, 0.3) is 0 Å². The summed E-state index contributed by atoms with van der Waals surface area (Å²) in [4.78, 5) is 16.9. The van der Waals surface area contributed by atoms with E-state index in [-0.39, 0.29) is 6.03 Å². The average Bonchev–Trinajstić information content (AvgIpc) is 2.78. The van der Waals surface area contributed by atoms with Gasteiger partial charge in [-0.1, -0.05) is 19.1 Å². The Labute approximate surface area is 172 Å². The Morgan fingerprint density at radius 3 is 2.00 bits per heavy atom. The molecule has 0 aliphatic carbocycles. The van der Waals surface area contributed by atoms with Gasteiger partial charge < -0.3 is 29.3 Å². The van der Waals surface area contributed by atoms with Crippen LogP contribution < -0.4 is 24.4 Å². The first kappa shape index (κ1) is 20.6. The number of nitrogens with zero attached hydrogens (tertiary/aromatic N) is 2. The highest BCUT2D eigenvalue weighted by Gasteiger charge is 2.22. The zero-order valence-electron chi connectivity index (χ0n) is 17.5. The van der Waals surface area contributed by atoms with Crippen LogP contribution in [-0.4, -0.2) is 58.4 Å². The Balaban J connectivity index is 1.62. The highest BCUT2D eigenvalue weighted by atomic mass is 16.5. The maximum absolute atomic E-state index is 12.7. The van der Waals surface area contributed by atoms with E-state index in [0.717, 1.165) is 19.5 Å². The second kappa shape index (κ2) is 9.41. The summed E-state index contributed by atoms with van der Waals surface area (Å²) >= 11 is 0. The van der Waals surface area contributed by atoms with E-state index in [9.17, 15) is 4.79 Å². The van der Waals surface area contributed by atoms with E-state index in [0.29, 0.717) is 36.0 Å². The lowest BCUT2D eigenvalue weighted by Crippen LogP contribution is -2.50. The van der Waals surface area contributed by atoms with E-state index in [2.05, 4.69) is 41.4 Å². The molecule has 1 heterocycles. The topological polar surface area (TPSA) is 63.3 Å². The van der Waals surface area contributed by atoms with Crippen molar-refractivity contribution in [3.05, 3.63) is 42.0 Å². The van der Waals surface area contributed by atoms with Crippen molar-refractivity contribution in [2.75, 3.05) is 57.7 Å². The van der Waals surface area contributed by atoms with Crippen molar-refractivity contribution >= 4 is 17.4 Å². The Bertz CT molecular complexity index is 805. The van der Waals surface area contributed by atoms with Gasteiger partial charge in [-0.25, -0.2) is 4.79 Å². The fraction of sp³-hybridized carbons (Fsp3) is 0.409. The number of anilines is 2. The molecule has 1 fully saturated rings. The van der Waals surface area contributed by atoms with Crippen molar-refractivity contribution in [3.63, 3.8) is 0 Å². The normalized spacial score (nSPS) is 13.8. The molecule has 0 saturated carbocycles. The number of ether oxygens (including phenoxy) is 3. The third kappa shape index (κ3) is 4.67. The van der Waals surface area contributed by atoms with Crippen LogP contribution in [0.15, 0.2) is 36.4 Å². The van der Waals surface area contributed by atoms with E-state index in [1.807, 2.05) is 4.90 Å². The van der Waals surface area contributed by atoms with Crippen molar-refractivity contribution in [2.45, 2.75) is 13.3 Å². The molecule has 0 radical (unpaired) electrons. The summed E-state index contributed by atoms with van der Waals surface area (Å²) in [5.41, 5.74) is 3.13. The van der Waals surface area contributed by atoms with Gasteiger partial charge in [0.2, 0.25) is 5.75 Å². The summed E-state index contributed by atoms with van der Waals surface area (Å²) in [6, 6.07) is 12.0. The summed E-state index contributed by atoms with van der Waals surface area (Å²) in [6.45, 7) is 5.07. The van der Waals surface area contributed by atoms with Gasteiger partial charge in [0.15, 0.2) is 11.5 Å². The van der Waals surface area contributed by atoms with Gasteiger partial charge in [0.25, 0.3) is 0 Å². The van der Waals surface area contributed by atoms with Crippen molar-refractivity contribution in [2.24, 2.45) is 0 Å². The lowest BCUT2D eigenvalue weighted by atomic mass is 10.1. The predicted octanol–water partition coefficient (Wildman–Crippen LogP) is 3.63. The number of benzene rings is 2. The van der Waals surface area contributed by atoms with E-state index in [1.165, 1.54) is 11.3 Å². The third-order valence-corrected chi connectivity index (χ3v) is 5.19. The number of methoxy groups -OCH3 is 3. The zero-order valence-corrected chi connectivity index (χ0v) is 17.5. The van der Waals surface area contributed by atoms with Crippen LogP contribution >= 0.6 is 0 Å². The predicted molar refractivity (Wildman–Crippen MR) is 115 cm³/mol. The molecule has 1 aliphatic rings. The molecule has 29 heavy (non-hydrogen) atoms. The van der Waals surface area contributed by atoms with Crippen LogP contribution in [0, 0.1) is 0 Å². The smallest absolute Gasteiger partial charge is 0.321 e. The molecule has 1 saturated heterocycles. The summed E-state index contributed by atoms with van der Waals surface area (Å²) in [5, 5.41) is 2.93. The fourth-order valence-corrected chi connectivity index (χ4v) is 3.47. The van der Waals surface area contributed by atoms with Gasteiger partial charge in [-0.3, -0.25) is 0 Å². The quantitative estimate of drug-likeness (QED) is 0.804. The SMILES string of the molecule is CCc1ccc(N2CCN(C(=O)Nc3cc(OC)c(OC)c(OC)c3)CC2)cc1. The van der Waals surface area contributed by atoms with Crippen LogP contribution in [0.5, 0.6) is 17.2 Å². The number of carbonyl (C=O) groups is 1. The van der Waals surface area contributed by atoms with Gasteiger partial charge in [-0.15, -0.1) is 0 Å². The van der Waals surface area contributed by atoms with Gasteiger partial charge >= 0.3 is 6.03 Å². The summed E-state index contributed by atoms with van der Waals surface area (Å²) < 4.78 is 16.0. The van der Waals surface area contributed by atoms with Gasteiger partial charge in [0.05, 0.1) is 27.0 Å². The fourth-order valence-electron chi connectivity index (χ4n) is 3.47. The van der Waals surface area contributed by atoms with Crippen LogP contribution in [0.2, 0.25) is 0 Å². The van der Waals surface area contributed by atoms with Crippen LogP contribution in [-0.2, 0) is 6.42 Å². The summed E-state index contributed by atoms with van der Waals surface area (Å²) in [5.74, 6) is 1.50. The number of carbonyl (C=O) groups excluding carboxylic acids is 1. The molecule has 156 valence electrons. The minimum Gasteiger partial charge on any atom is -0.493 e. The van der Waals surface area contributed by atoms with Crippen LogP contribution in [0.3, 0.4) is 0 Å². The number of hydrogen-bond donors (Lipinski definition) is 1. The summed E-state index contributed by atoms with van der Waals surface area (Å²) in [6.07, 6.45) is 1.04. The van der Waals surface area contributed by atoms with Crippen molar-refractivity contribution < 1.29 is 19.0 Å². The first-order chi connectivity index (χ1) is 14.1. The Kier molecular flexibility index (Phi) is 6.69. The zero-order chi connectivity index (χ0) is 20.8. The molecular weight excluding hydrogens is 370 g/mol. The molecule has 0 atom stereocenters. The van der Waals surface area contributed by atoms with Gasteiger partial charge in [-0.2, -0.15) is 0 Å². The molecule has 3 rings (SSSR count). The number of aryl methyl sites for hydroxylation is 1. The minimum atomic E-state index is -0.139. The molecule has 1 aliphatic heterocycles. The standard InChI is InChI=1S/C22H29N3O4/c1-5-16-6-8-18(9-7-16)24-10-12-25(13-11-24)22(26)23-17-14-19(27-2)21(29-4)20(15-17)28-3/h6-9,14-15H,5,10-13H2,1-4H3,(H,23,26). The molecular formula is C22H29N3O4. The maximum atomic E-state index is 12.7. The van der Waals surface area contributed by atoms with Gasteiger partial charge in [-0.05, 0) is 24.1 Å². The summed E-state index contributed by atoms with van der Waals surface area (Å²) in [7, 11) is 4.65. The lowest BCUT2D eigenvalue weighted by Gasteiger charge is -2.36. The monoisotopic (exact) mass is 399 g/mol.